The van der Waals surface area contributed by atoms with Gasteiger partial charge in [-0.3, -0.25) is 9.59 Å². The zero-order valence-electron chi connectivity index (χ0n) is 7.12. The molecule has 0 saturated heterocycles. The zero-order valence-corrected chi connectivity index (χ0v) is 8.76. The van der Waals surface area contributed by atoms with Crippen molar-refractivity contribution in [2.45, 2.75) is 20.8 Å². The Kier molecular flexibility index (Phi) is 14.9. The van der Waals surface area contributed by atoms with Crippen molar-refractivity contribution in [3.05, 3.63) is 11.8 Å². The average Bonchev–Trinajstić information content (AvgIpc) is 1.56. The molecular weight excluding hydrogens is 251 g/mol. The molecule has 1 radical (unpaired) electrons. The van der Waals surface area contributed by atoms with E-state index in [-0.39, 0.29) is 31.0 Å². The van der Waals surface area contributed by atoms with Gasteiger partial charge in [0.15, 0.2) is 5.78 Å². The largest absolute Gasteiger partial charge is 0.512 e. The van der Waals surface area contributed by atoms with Crippen LogP contribution in [-0.2, 0) is 29.1 Å². The minimum absolute atomic E-state index is 0. The molecule has 0 heterocycles. The first-order valence-corrected chi connectivity index (χ1v) is 2.93. The van der Waals surface area contributed by atoms with Crippen molar-refractivity contribution < 1.29 is 39.3 Å². The summed E-state index contributed by atoms with van der Waals surface area (Å²) in [7, 11) is 0. The van der Waals surface area contributed by atoms with E-state index < -0.39 is 5.97 Å². The maximum atomic E-state index is 10.0. The van der Waals surface area contributed by atoms with E-state index in [1.807, 2.05) is 0 Å². The van der Waals surface area contributed by atoms with Crippen LogP contribution < -0.4 is 0 Å². The molecule has 4 nitrogen and oxygen atoms in total. The third-order valence-electron chi connectivity index (χ3n) is 0.412. The van der Waals surface area contributed by atoms with Gasteiger partial charge in [0.2, 0.25) is 0 Å². The standard InChI is InChI=1S/C5H8O2.C2H4O2.Rh/c1-4(6)3-5(2)7;1-2(3)4;/h3,6H,1-2H3;1H3,(H,3,4);/b4-3-;;. The summed E-state index contributed by atoms with van der Waals surface area (Å²) in [4.78, 5) is 19.0. The summed E-state index contributed by atoms with van der Waals surface area (Å²) < 4.78 is 0. The molecule has 0 aliphatic rings. The van der Waals surface area contributed by atoms with Gasteiger partial charge in [0.1, 0.15) is 0 Å². The Hall–Kier alpha value is -0.697. The molecule has 73 valence electrons. The minimum Gasteiger partial charge on any atom is -0.512 e. The molecule has 0 saturated carbocycles. The molecule has 0 aromatic heterocycles. The van der Waals surface area contributed by atoms with Gasteiger partial charge in [0.05, 0.1) is 5.76 Å². The van der Waals surface area contributed by atoms with Crippen LogP contribution in [0.2, 0.25) is 0 Å². The fourth-order valence-electron chi connectivity index (χ4n) is 0.294. The molecule has 0 rings (SSSR count). The fraction of sp³-hybridized carbons (Fsp3) is 0.429. The maximum Gasteiger partial charge on any atom is 0.300 e. The molecule has 2 N–H and O–H groups in total. The summed E-state index contributed by atoms with van der Waals surface area (Å²) in [6, 6.07) is 0. The Morgan fingerprint density at radius 1 is 1.08 bits per heavy atom. The van der Waals surface area contributed by atoms with Gasteiger partial charge in [-0.25, -0.2) is 0 Å². The van der Waals surface area contributed by atoms with E-state index in [1.54, 1.807) is 0 Å². The van der Waals surface area contributed by atoms with Crippen LogP contribution in [0.4, 0.5) is 0 Å². The number of aliphatic carboxylic acids is 1. The Morgan fingerprint density at radius 2 is 1.33 bits per heavy atom. The summed E-state index contributed by atoms with van der Waals surface area (Å²) in [5.41, 5.74) is 0. The topological polar surface area (TPSA) is 74.6 Å². The van der Waals surface area contributed by atoms with Crippen molar-refractivity contribution >= 4 is 11.8 Å². The molecule has 5 heteroatoms. The number of aliphatic hydroxyl groups excluding tert-OH is 1. The third kappa shape index (κ3) is 58.8. The van der Waals surface area contributed by atoms with Crippen LogP contribution in [0.15, 0.2) is 11.8 Å². The van der Waals surface area contributed by atoms with Gasteiger partial charge in [-0.15, -0.1) is 0 Å². The van der Waals surface area contributed by atoms with Crippen molar-refractivity contribution in [2.24, 2.45) is 0 Å². The predicted molar refractivity (Wildman–Crippen MR) is 40.4 cm³/mol. The monoisotopic (exact) mass is 263 g/mol. The molecule has 0 aromatic rings. The summed E-state index contributed by atoms with van der Waals surface area (Å²) in [6.45, 7) is 3.93. The van der Waals surface area contributed by atoms with Gasteiger partial charge < -0.3 is 10.2 Å². The third-order valence-corrected chi connectivity index (χ3v) is 0.412. The van der Waals surface area contributed by atoms with Crippen LogP contribution in [0.5, 0.6) is 0 Å². The average molecular weight is 263 g/mol. The smallest absolute Gasteiger partial charge is 0.300 e. The Balaban J connectivity index is -0.000000142. The first kappa shape index (κ1) is 17.4. The number of hydrogen-bond donors (Lipinski definition) is 2. The molecular formula is C7H12O4Rh. The van der Waals surface area contributed by atoms with Crippen molar-refractivity contribution in [1.82, 2.24) is 0 Å². The van der Waals surface area contributed by atoms with E-state index in [0.717, 1.165) is 6.92 Å². The van der Waals surface area contributed by atoms with E-state index >= 15 is 0 Å². The molecule has 0 atom stereocenters. The summed E-state index contributed by atoms with van der Waals surface area (Å²) in [5, 5.41) is 15.8. The Morgan fingerprint density at radius 3 is 1.33 bits per heavy atom. The first-order valence-electron chi connectivity index (χ1n) is 2.93. The van der Waals surface area contributed by atoms with E-state index in [0.29, 0.717) is 0 Å². The Labute approximate surface area is 84.0 Å². The molecule has 0 aromatic carbocycles. The van der Waals surface area contributed by atoms with Crippen molar-refractivity contribution in [3.8, 4) is 0 Å². The van der Waals surface area contributed by atoms with Gasteiger partial charge in [-0.1, -0.05) is 0 Å². The molecule has 0 unspecified atom stereocenters. The maximum absolute atomic E-state index is 10.0. The van der Waals surface area contributed by atoms with Crippen molar-refractivity contribution in [1.29, 1.82) is 0 Å². The fourth-order valence-corrected chi connectivity index (χ4v) is 0.294. The first-order chi connectivity index (χ1) is 4.86. The molecule has 0 amide bonds. The van der Waals surface area contributed by atoms with Crippen molar-refractivity contribution in [2.75, 3.05) is 0 Å². The van der Waals surface area contributed by atoms with Gasteiger partial charge >= 0.3 is 0 Å². The molecule has 0 spiro atoms. The SMILES string of the molecule is CC(=O)/C=C(/C)O.CC(=O)O.[Rh]. The molecule has 0 aliphatic heterocycles. The van der Waals surface area contributed by atoms with Crippen LogP contribution in [0.25, 0.3) is 0 Å². The normalized spacial score (nSPS) is 8.75. The summed E-state index contributed by atoms with van der Waals surface area (Å²) in [5.74, 6) is -0.896. The summed E-state index contributed by atoms with van der Waals surface area (Å²) >= 11 is 0. The van der Waals surface area contributed by atoms with E-state index in [4.69, 9.17) is 15.0 Å². The number of ketones is 1. The van der Waals surface area contributed by atoms with Crippen LogP contribution >= 0.6 is 0 Å². The van der Waals surface area contributed by atoms with E-state index in [9.17, 15) is 4.79 Å². The minimum atomic E-state index is -0.833. The van der Waals surface area contributed by atoms with Crippen LogP contribution in [0.1, 0.15) is 20.8 Å². The number of aliphatic hydroxyl groups is 1. The molecule has 0 fully saturated rings. The molecule has 12 heavy (non-hydrogen) atoms. The second-order valence-electron chi connectivity index (χ2n) is 1.92. The van der Waals surface area contributed by atoms with Crippen LogP contribution in [-0.4, -0.2) is 22.0 Å². The van der Waals surface area contributed by atoms with Crippen molar-refractivity contribution in [3.63, 3.8) is 0 Å². The molecule has 0 aliphatic carbocycles. The number of rotatable bonds is 1. The molecule has 0 bridgehead atoms. The summed E-state index contributed by atoms with van der Waals surface area (Å²) in [6.07, 6.45) is 1.17. The number of carbonyl (C=O) groups excluding carboxylic acids is 1. The number of carboxylic acids is 1. The second kappa shape index (κ2) is 10.3. The van der Waals surface area contributed by atoms with Gasteiger partial charge in [0.25, 0.3) is 5.97 Å². The van der Waals surface area contributed by atoms with E-state index in [1.165, 1.54) is 19.9 Å². The Bertz CT molecular complexity index is 166. The van der Waals surface area contributed by atoms with E-state index in [2.05, 4.69) is 0 Å². The van der Waals surface area contributed by atoms with Crippen LogP contribution in [0, 0.1) is 0 Å². The van der Waals surface area contributed by atoms with Gasteiger partial charge in [-0.2, -0.15) is 0 Å². The van der Waals surface area contributed by atoms with Gasteiger partial charge in [0, 0.05) is 32.5 Å². The zero-order chi connectivity index (χ0) is 9.44. The number of carboxylic acid groups (broad SMARTS) is 1. The quantitative estimate of drug-likeness (QED) is 0.422. The predicted octanol–water partition coefficient (Wildman–Crippen LogP) is 1.13. The number of hydrogen-bond acceptors (Lipinski definition) is 3. The van der Waals surface area contributed by atoms with Crippen LogP contribution in [0.3, 0.4) is 0 Å². The number of carbonyl (C=O) groups is 2. The second-order valence-corrected chi connectivity index (χ2v) is 1.92. The number of allylic oxidation sites excluding steroid dienone is 2. The van der Waals surface area contributed by atoms with Gasteiger partial charge in [-0.05, 0) is 13.8 Å².